The van der Waals surface area contributed by atoms with Crippen LogP contribution in [0.15, 0.2) is 24.3 Å². The molecular weight excluding hydrogens is 190 g/mol. The molecule has 0 saturated carbocycles. The Hall–Kier alpha value is -1.45. The van der Waals surface area contributed by atoms with E-state index in [9.17, 15) is 13.6 Å². The second-order valence-corrected chi connectivity index (χ2v) is 2.97. The average molecular weight is 200 g/mol. The molecule has 76 valence electrons. The standard InChI is InChI=1S/C10H10F2O2/c11-6-7(5-10(13)14)8-3-1-2-4-9(8)12/h1-4,7H,5-6H2,(H,13,14). The van der Waals surface area contributed by atoms with Crippen LogP contribution in [0.4, 0.5) is 8.78 Å². The van der Waals surface area contributed by atoms with Gasteiger partial charge < -0.3 is 5.11 Å². The molecule has 1 aromatic rings. The Morgan fingerprint density at radius 3 is 2.57 bits per heavy atom. The van der Waals surface area contributed by atoms with Crippen molar-refractivity contribution in [1.82, 2.24) is 0 Å². The predicted molar refractivity (Wildman–Crippen MR) is 47.4 cm³/mol. The minimum absolute atomic E-state index is 0.123. The zero-order valence-electron chi connectivity index (χ0n) is 7.41. The van der Waals surface area contributed by atoms with Crippen molar-refractivity contribution in [3.8, 4) is 0 Å². The summed E-state index contributed by atoms with van der Waals surface area (Å²) in [7, 11) is 0. The van der Waals surface area contributed by atoms with Gasteiger partial charge in [0.05, 0.1) is 13.1 Å². The molecule has 0 spiro atoms. The molecule has 0 aromatic heterocycles. The lowest BCUT2D eigenvalue weighted by atomic mass is 9.97. The maximum atomic E-state index is 13.1. The Kier molecular flexibility index (Phi) is 3.56. The number of hydrogen-bond donors (Lipinski definition) is 1. The van der Waals surface area contributed by atoms with Crippen molar-refractivity contribution in [3.05, 3.63) is 35.6 Å². The van der Waals surface area contributed by atoms with Gasteiger partial charge in [0.1, 0.15) is 5.82 Å². The summed E-state index contributed by atoms with van der Waals surface area (Å²) >= 11 is 0. The van der Waals surface area contributed by atoms with E-state index in [2.05, 4.69) is 0 Å². The van der Waals surface area contributed by atoms with Crippen LogP contribution in [0.3, 0.4) is 0 Å². The zero-order valence-corrected chi connectivity index (χ0v) is 7.41. The highest BCUT2D eigenvalue weighted by atomic mass is 19.1. The summed E-state index contributed by atoms with van der Waals surface area (Å²) in [4.78, 5) is 10.4. The molecule has 0 bridgehead atoms. The van der Waals surface area contributed by atoms with Gasteiger partial charge in [0.25, 0.3) is 0 Å². The van der Waals surface area contributed by atoms with E-state index < -0.39 is 30.8 Å². The third-order valence-electron chi connectivity index (χ3n) is 1.95. The summed E-state index contributed by atoms with van der Waals surface area (Å²) < 4.78 is 25.6. The van der Waals surface area contributed by atoms with Gasteiger partial charge >= 0.3 is 5.97 Å². The topological polar surface area (TPSA) is 37.3 Å². The second-order valence-electron chi connectivity index (χ2n) is 2.97. The second kappa shape index (κ2) is 4.69. The van der Waals surface area contributed by atoms with Crippen LogP contribution in [-0.4, -0.2) is 17.8 Å². The molecule has 1 aromatic carbocycles. The van der Waals surface area contributed by atoms with Crippen LogP contribution >= 0.6 is 0 Å². The first kappa shape index (κ1) is 10.6. The number of aliphatic carboxylic acids is 1. The summed E-state index contributed by atoms with van der Waals surface area (Å²) in [5, 5.41) is 8.48. The van der Waals surface area contributed by atoms with E-state index in [1.54, 1.807) is 6.07 Å². The number of alkyl halides is 1. The first-order chi connectivity index (χ1) is 6.65. The lowest BCUT2D eigenvalue weighted by Crippen LogP contribution is -2.09. The Bertz CT molecular complexity index is 326. The van der Waals surface area contributed by atoms with Gasteiger partial charge in [-0.1, -0.05) is 18.2 Å². The fraction of sp³-hybridized carbons (Fsp3) is 0.300. The Labute approximate surface area is 80.2 Å². The molecule has 2 nitrogen and oxygen atoms in total. The molecule has 14 heavy (non-hydrogen) atoms. The highest BCUT2D eigenvalue weighted by molar-refractivity contribution is 5.68. The number of carboxylic acids is 1. The molecule has 0 aliphatic carbocycles. The van der Waals surface area contributed by atoms with Crippen LogP contribution in [0.5, 0.6) is 0 Å². The van der Waals surface area contributed by atoms with Gasteiger partial charge in [-0.3, -0.25) is 9.18 Å². The van der Waals surface area contributed by atoms with Crippen molar-refractivity contribution in [2.24, 2.45) is 0 Å². The van der Waals surface area contributed by atoms with Crippen molar-refractivity contribution >= 4 is 5.97 Å². The van der Waals surface area contributed by atoms with Crippen LogP contribution in [0.2, 0.25) is 0 Å². The third-order valence-corrected chi connectivity index (χ3v) is 1.95. The van der Waals surface area contributed by atoms with Crippen molar-refractivity contribution in [2.45, 2.75) is 12.3 Å². The minimum atomic E-state index is -1.13. The lowest BCUT2D eigenvalue weighted by molar-refractivity contribution is -0.137. The van der Waals surface area contributed by atoms with E-state index >= 15 is 0 Å². The smallest absolute Gasteiger partial charge is 0.304 e. The quantitative estimate of drug-likeness (QED) is 0.810. The molecule has 1 atom stereocenters. The van der Waals surface area contributed by atoms with Gasteiger partial charge in [0.2, 0.25) is 0 Å². The molecule has 4 heteroatoms. The Balaban J connectivity index is 2.89. The first-order valence-corrected chi connectivity index (χ1v) is 4.17. The van der Waals surface area contributed by atoms with Crippen molar-refractivity contribution in [1.29, 1.82) is 0 Å². The monoisotopic (exact) mass is 200 g/mol. The Morgan fingerprint density at radius 2 is 2.07 bits per heavy atom. The highest BCUT2D eigenvalue weighted by Gasteiger charge is 2.18. The highest BCUT2D eigenvalue weighted by Crippen LogP contribution is 2.22. The minimum Gasteiger partial charge on any atom is -0.481 e. The molecule has 0 amide bonds. The number of hydrogen-bond acceptors (Lipinski definition) is 1. The maximum absolute atomic E-state index is 13.1. The molecule has 0 heterocycles. The SMILES string of the molecule is O=C(O)CC(CF)c1ccccc1F. The van der Waals surface area contributed by atoms with Crippen LogP contribution in [0.25, 0.3) is 0 Å². The fourth-order valence-electron chi connectivity index (χ4n) is 1.26. The molecule has 1 unspecified atom stereocenters. The van der Waals surface area contributed by atoms with Gasteiger partial charge in [0.15, 0.2) is 0 Å². The number of rotatable bonds is 4. The molecule has 0 aliphatic rings. The molecule has 0 aliphatic heterocycles. The van der Waals surface area contributed by atoms with Crippen LogP contribution in [0.1, 0.15) is 17.9 Å². The molecule has 0 fully saturated rings. The average Bonchev–Trinajstić information content (AvgIpc) is 2.15. The number of benzene rings is 1. The summed E-state index contributed by atoms with van der Waals surface area (Å²) in [5.41, 5.74) is 0.123. The number of halogens is 2. The largest absolute Gasteiger partial charge is 0.481 e. The predicted octanol–water partition coefficient (Wildman–Crippen LogP) is 2.35. The lowest BCUT2D eigenvalue weighted by Gasteiger charge is -2.11. The van der Waals surface area contributed by atoms with Gasteiger partial charge in [-0.2, -0.15) is 0 Å². The fourth-order valence-corrected chi connectivity index (χ4v) is 1.26. The Morgan fingerprint density at radius 1 is 1.43 bits per heavy atom. The molecule has 0 saturated heterocycles. The van der Waals surface area contributed by atoms with E-state index in [1.165, 1.54) is 18.2 Å². The van der Waals surface area contributed by atoms with Gasteiger partial charge in [-0.05, 0) is 11.6 Å². The van der Waals surface area contributed by atoms with E-state index in [0.717, 1.165) is 0 Å². The summed E-state index contributed by atoms with van der Waals surface area (Å²) in [6, 6.07) is 5.64. The normalized spacial score (nSPS) is 12.4. The van der Waals surface area contributed by atoms with Crippen LogP contribution in [0, 0.1) is 5.82 Å². The van der Waals surface area contributed by atoms with Gasteiger partial charge in [-0.15, -0.1) is 0 Å². The van der Waals surface area contributed by atoms with Crippen LogP contribution in [-0.2, 0) is 4.79 Å². The van der Waals surface area contributed by atoms with E-state index in [-0.39, 0.29) is 5.56 Å². The van der Waals surface area contributed by atoms with Crippen molar-refractivity contribution in [3.63, 3.8) is 0 Å². The first-order valence-electron chi connectivity index (χ1n) is 4.17. The summed E-state index contributed by atoms with van der Waals surface area (Å²) in [5.74, 6) is -2.58. The zero-order chi connectivity index (χ0) is 10.6. The van der Waals surface area contributed by atoms with Crippen LogP contribution < -0.4 is 0 Å². The van der Waals surface area contributed by atoms with Gasteiger partial charge in [0, 0.05) is 5.92 Å². The van der Waals surface area contributed by atoms with Gasteiger partial charge in [-0.25, -0.2) is 4.39 Å². The van der Waals surface area contributed by atoms with E-state index in [0.29, 0.717) is 0 Å². The van der Waals surface area contributed by atoms with Crippen molar-refractivity contribution < 1.29 is 18.7 Å². The molecule has 1 rings (SSSR count). The number of carbonyl (C=O) groups is 1. The third kappa shape index (κ3) is 2.52. The molecule has 0 radical (unpaired) electrons. The maximum Gasteiger partial charge on any atom is 0.304 e. The molecule has 1 N–H and O–H groups in total. The van der Waals surface area contributed by atoms with E-state index in [4.69, 9.17) is 5.11 Å². The van der Waals surface area contributed by atoms with Crippen molar-refractivity contribution in [2.75, 3.05) is 6.67 Å². The summed E-state index contributed by atoms with van der Waals surface area (Å²) in [6.45, 7) is -0.868. The van der Waals surface area contributed by atoms with E-state index in [1.807, 2.05) is 0 Å². The summed E-state index contributed by atoms with van der Waals surface area (Å²) in [6.07, 6.45) is -0.391. The molecular formula is C10H10F2O2. The number of carboxylic acid groups (broad SMARTS) is 1.